The van der Waals surface area contributed by atoms with Crippen LogP contribution in [0.5, 0.6) is 0 Å². The molecule has 0 aromatic heterocycles. The van der Waals surface area contributed by atoms with Crippen molar-refractivity contribution < 1.29 is 14.7 Å². The lowest BCUT2D eigenvalue weighted by Gasteiger charge is -2.21. The molecule has 1 aromatic rings. The number of aliphatic carboxylic acids is 1. The van der Waals surface area contributed by atoms with Gasteiger partial charge in [0.05, 0.1) is 0 Å². The molecular formula is C15H21N3O3. The Morgan fingerprint density at radius 2 is 1.86 bits per heavy atom. The number of hydrogen-bond donors (Lipinski definition) is 3. The van der Waals surface area contributed by atoms with Crippen LogP contribution in [0.25, 0.3) is 0 Å². The van der Waals surface area contributed by atoms with Crippen LogP contribution in [0.1, 0.15) is 32.8 Å². The van der Waals surface area contributed by atoms with E-state index in [1.807, 2.05) is 26.8 Å². The van der Waals surface area contributed by atoms with Gasteiger partial charge in [-0.15, -0.1) is 0 Å². The summed E-state index contributed by atoms with van der Waals surface area (Å²) in [6.07, 6.45) is 0.346. The van der Waals surface area contributed by atoms with Crippen molar-refractivity contribution in [3.05, 3.63) is 35.9 Å². The Morgan fingerprint density at radius 1 is 1.29 bits per heavy atom. The van der Waals surface area contributed by atoms with E-state index in [1.165, 1.54) is 0 Å². The second-order valence-electron chi connectivity index (χ2n) is 5.95. The van der Waals surface area contributed by atoms with Crippen LogP contribution in [0.3, 0.4) is 0 Å². The standard InChI is InChI=1S/C15H21N3O3/c1-15(2,3)9-11(13(19)20)17-12(18-14(16)21)10-7-5-4-6-8-10/h4-8,11H,9H2,1-3H3,(H,19,20)(H3,16,17,18,21). The van der Waals surface area contributed by atoms with E-state index in [1.54, 1.807) is 24.3 Å². The quantitative estimate of drug-likeness (QED) is 0.583. The van der Waals surface area contributed by atoms with E-state index < -0.39 is 18.0 Å². The maximum Gasteiger partial charge on any atom is 0.328 e. The van der Waals surface area contributed by atoms with Crippen LogP contribution in [0.15, 0.2) is 35.3 Å². The maximum atomic E-state index is 11.4. The number of urea groups is 1. The van der Waals surface area contributed by atoms with Crippen molar-refractivity contribution in [2.45, 2.75) is 33.2 Å². The van der Waals surface area contributed by atoms with E-state index >= 15 is 0 Å². The average Bonchev–Trinajstić information content (AvgIpc) is 2.36. The fraction of sp³-hybridized carbons (Fsp3) is 0.400. The Bertz CT molecular complexity index is 533. The minimum absolute atomic E-state index is 0.166. The molecule has 2 amide bonds. The normalized spacial score (nSPS) is 13.6. The molecule has 0 spiro atoms. The molecule has 1 rings (SSSR count). The molecule has 1 aromatic carbocycles. The predicted molar refractivity (Wildman–Crippen MR) is 81.2 cm³/mol. The van der Waals surface area contributed by atoms with E-state index in [2.05, 4.69) is 10.3 Å². The van der Waals surface area contributed by atoms with Crippen molar-refractivity contribution in [3.8, 4) is 0 Å². The van der Waals surface area contributed by atoms with Crippen molar-refractivity contribution in [2.24, 2.45) is 16.1 Å². The third kappa shape index (κ3) is 6.07. The molecule has 0 fully saturated rings. The van der Waals surface area contributed by atoms with E-state index in [-0.39, 0.29) is 11.3 Å². The van der Waals surface area contributed by atoms with Gasteiger partial charge in [-0.25, -0.2) is 9.59 Å². The lowest BCUT2D eigenvalue weighted by molar-refractivity contribution is -0.139. The summed E-state index contributed by atoms with van der Waals surface area (Å²) in [5.74, 6) is -0.871. The lowest BCUT2D eigenvalue weighted by Crippen LogP contribution is -2.37. The van der Waals surface area contributed by atoms with Gasteiger partial charge < -0.3 is 10.8 Å². The number of primary amides is 1. The second-order valence-corrected chi connectivity index (χ2v) is 5.95. The Balaban J connectivity index is 3.15. The molecule has 1 unspecified atom stereocenters. The fourth-order valence-electron chi connectivity index (χ4n) is 1.82. The van der Waals surface area contributed by atoms with Crippen LogP contribution in [-0.2, 0) is 4.79 Å². The van der Waals surface area contributed by atoms with Crippen molar-refractivity contribution in [3.63, 3.8) is 0 Å². The highest BCUT2D eigenvalue weighted by molar-refractivity contribution is 6.07. The summed E-state index contributed by atoms with van der Waals surface area (Å²) >= 11 is 0. The number of nitrogens with two attached hydrogens (primary N) is 1. The molecule has 6 heteroatoms. The Labute approximate surface area is 124 Å². The van der Waals surface area contributed by atoms with Crippen LogP contribution in [-0.4, -0.2) is 29.0 Å². The molecule has 1 atom stereocenters. The number of amidine groups is 1. The van der Waals surface area contributed by atoms with Crippen LogP contribution in [0, 0.1) is 5.41 Å². The average molecular weight is 291 g/mol. The topological polar surface area (TPSA) is 105 Å². The van der Waals surface area contributed by atoms with Gasteiger partial charge in [0.2, 0.25) is 0 Å². The first kappa shape index (κ1) is 16.7. The van der Waals surface area contributed by atoms with Crippen LogP contribution >= 0.6 is 0 Å². The molecule has 0 aliphatic rings. The molecule has 0 aliphatic heterocycles. The van der Waals surface area contributed by atoms with Gasteiger partial charge in [-0.2, -0.15) is 0 Å². The van der Waals surface area contributed by atoms with Crippen LogP contribution in [0.4, 0.5) is 4.79 Å². The Kier molecular flexibility index (Phi) is 5.46. The number of hydrogen-bond acceptors (Lipinski definition) is 3. The number of carbonyl (C=O) groups excluding carboxylic acids is 1. The number of amides is 2. The first-order valence-electron chi connectivity index (χ1n) is 6.61. The predicted octanol–water partition coefficient (Wildman–Crippen LogP) is 1.99. The molecule has 114 valence electrons. The van der Waals surface area contributed by atoms with Crippen molar-refractivity contribution >= 4 is 17.8 Å². The molecule has 0 saturated heterocycles. The molecule has 4 N–H and O–H groups in total. The number of carboxylic acids is 1. The van der Waals surface area contributed by atoms with Crippen molar-refractivity contribution in [2.75, 3.05) is 0 Å². The number of carbonyl (C=O) groups is 2. The summed E-state index contributed by atoms with van der Waals surface area (Å²) in [7, 11) is 0. The minimum atomic E-state index is -1.04. The van der Waals surface area contributed by atoms with Crippen molar-refractivity contribution in [1.82, 2.24) is 5.32 Å². The van der Waals surface area contributed by atoms with E-state index in [4.69, 9.17) is 5.73 Å². The summed E-state index contributed by atoms with van der Waals surface area (Å²) in [5.41, 5.74) is 5.53. The highest BCUT2D eigenvalue weighted by Gasteiger charge is 2.25. The molecule has 6 nitrogen and oxygen atoms in total. The fourth-order valence-corrected chi connectivity index (χ4v) is 1.82. The maximum absolute atomic E-state index is 11.4. The monoisotopic (exact) mass is 291 g/mol. The van der Waals surface area contributed by atoms with Crippen LogP contribution < -0.4 is 11.1 Å². The number of carboxylic acid groups (broad SMARTS) is 1. The van der Waals surface area contributed by atoms with Gasteiger partial charge in [0.1, 0.15) is 11.9 Å². The van der Waals surface area contributed by atoms with Gasteiger partial charge in [-0.3, -0.25) is 10.3 Å². The highest BCUT2D eigenvalue weighted by atomic mass is 16.4. The largest absolute Gasteiger partial charge is 0.480 e. The SMILES string of the molecule is CC(C)(C)CC(N=C(NC(N)=O)c1ccccc1)C(=O)O. The third-order valence-electron chi connectivity index (χ3n) is 2.66. The van der Waals surface area contributed by atoms with Gasteiger partial charge in [0.15, 0.2) is 0 Å². The van der Waals surface area contributed by atoms with Gasteiger partial charge in [0, 0.05) is 5.56 Å². The van der Waals surface area contributed by atoms with E-state index in [0.29, 0.717) is 12.0 Å². The molecule has 0 aliphatic carbocycles. The summed E-state index contributed by atoms with van der Waals surface area (Å²) in [4.78, 5) is 26.7. The zero-order chi connectivity index (χ0) is 16.0. The summed E-state index contributed by atoms with van der Waals surface area (Å²) in [5, 5.41) is 11.7. The molecule has 0 saturated carbocycles. The smallest absolute Gasteiger partial charge is 0.328 e. The van der Waals surface area contributed by atoms with Crippen LogP contribution in [0.2, 0.25) is 0 Å². The van der Waals surface area contributed by atoms with E-state index in [0.717, 1.165) is 0 Å². The number of rotatable bonds is 4. The number of aliphatic imine (C=N–C) groups is 1. The van der Waals surface area contributed by atoms with Crippen molar-refractivity contribution in [1.29, 1.82) is 0 Å². The minimum Gasteiger partial charge on any atom is -0.480 e. The first-order chi connectivity index (χ1) is 9.69. The van der Waals surface area contributed by atoms with Gasteiger partial charge >= 0.3 is 12.0 Å². The lowest BCUT2D eigenvalue weighted by atomic mass is 9.88. The summed E-state index contributed by atoms with van der Waals surface area (Å²) < 4.78 is 0. The third-order valence-corrected chi connectivity index (χ3v) is 2.66. The summed E-state index contributed by atoms with van der Waals surface area (Å²) in [6, 6.07) is 7.08. The Hall–Kier alpha value is -2.37. The molecule has 0 heterocycles. The molecular weight excluding hydrogens is 270 g/mol. The first-order valence-corrected chi connectivity index (χ1v) is 6.61. The van der Waals surface area contributed by atoms with Gasteiger partial charge in [-0.1, -0.05) is 51.1 Å². The molecule has 21 heavy (non-hydrogen) atoms. The van der Waals surface area contributed by atoms with Gasteiger partial charge in [0.25, 0.3) is 0 Å². The van der Waals surface area contributed by atoms with E-state index in [9.17, 15) is 14.7 Å². The molecule has 0 bridgehead atoms. The zero-order valence-corrected chi connectivity index (χ0v) is 12.5. The number of nitrogens with zero attached hydrogens (tertiary/aromatic N) is 1. The Morgan fingerprint density at radius 3 is 2.29 bits per heavy atom. The second kappa shape index (κ2) is 6.88. The van der Waals surface area contributed by atoms with Gasteiger partial charge in [-0.05, 0) is 11.8 Å². The zero-order valence-electron chi connectivity index (χ0n) is 12.5. The highest BCUT2D eigenvalue weighted by Crippen LogP contribution is 2.23. The number of benzene rings is 1. The summed E-state index contributed by atoms with van der Waals surface area (Å²) in [6.45, 7) is 5.80. The molecule has 0 radical (unpaired) electrons. The number of nitrogens with one attached hydrogen (secondary N) is 1.